The number of anilines is 2. The number of amides is 1. The number of aromatic nitrogens is 2. The van der Waals surface area contributed by atoms with E-state index in [1.54, 1.807) is 0 Å². The number of rotatable bonds is 4. The lowest BCUT2D eigenvalue weighted by molar-refractivity contribution is -0.128. The number of hydrogen-bond acceptors (Lipinski definition) is 6. The van der Waals surface area contributed by atoms with E-state index >= 15 is 0 Å². The number of nitrogen functional groups attached to an aromatic ring is 1. The molecule has 0 aliphatic carbocycles. The van der Waals surface area contributed by atoms with Crippen LogP contribution < -0.4 is 16.6 Å². The van der Waals surface area contributed by atoms with Crippen LogP contribution in [-0.4, -0.2) is 40.4 Å². The van der Waals surface area contributed by atoms with E-state index in [9.17, 15) is 4.79 Å². The largest absolute Gasteiger partial charge is 0.361 e. The molecule has 1 fully saturated rings. The number of hydrogen-bond donors (Lipinski definition) is 3. The molecule has 1 aliphatic rings. The van der Waals surface area contributed by atoms with E-state index < -0.39 is 0 Å². The van der Waals surface area contributed by atoms with Crippen LogP contribution in [0.3, 0.4) is 0 Å². The van der Waals surface area contributed by atoms with E-state index in [2.05, 4.69) is 20.7 Å². The fourth-order valence-electron chi connectivity index (χ4n) is 2.01. The van der Waals surface area contributed by atoms with E-state index in [1.165, 1.54) is 6.33 Å². The molecule has 18 heavy (non-hydrogen) atoms. The molecule has 1 aromatic heterocycles. The van der Waals surface area contributed by atoms with Gasteiger partial charge in [-0.3, -0.25) is 4.79 Å². The van der Waals surface area contributed by atoms with Gasteiger partial charge in [-0.1, -0.05) is 0 Å². The minimum absolute atomic E-state index is 0.104. The van der Waals surface area contributed by atoms with E-state index in [0.29, 0.717) is 11.6 Å². The molecule has 0 atom stereocenters. The molecule has 4 N–H and O–H groups in total. The first-order chi connectivity index (χ1) is 8.72. The van der Waals surface area contributed by atoms with Crippen molar-refractivity contribution in [3.05, 3.63) is 11.9 Å². The van der Waals surface area contributed by atoms with Crippen molar-refractivity contribution < 1.29 is 4.79 Å². The van der Waals surface area contributed by atoms with Crippen LogP contribution in [0.4, 0.5) is 11.6 Å². The van der Waals surface area contributed by atoms with Crippen LogP contribution in [0.1, 0.15) is 18.4 Å². The molecule has 1 amide bonds. The van der Waals surface area contributed by atoms with Crippen molar-refractivity contribution in [2.45, 2.75) is 19.8 Å². The van der Waals surface area contributed by atoms with E-state index in [0.717, 1.165) is 31.5 Å². The first-order valence-electron chi connectivity index (χ1n) is 6.02. The minimum Gasteiger partial charge on any atom is -0.361 e. The fraction of sp³-hybridized carbons (Fsp3) is 0.545. The van der Waals surface area contributed by atoms with Gasteiger partial charge in [0, 0.05) is 18.7 Å². The van der Waals surface area contributed by atoms with Gasteiger partial charge in [0.15, 0.2) is 0 Å². The topological polar surface area (TPSA) is 96.2 Å². The molecule has 7 heteroatoms. The molecule has 7 nitrogen and oxygen atoms in total. The lowest BCUT2D eigenvalue weighted by Gasteiger charge is -2.16. The average molecular weight is 250 g/mol. The maximum absolute atomic E-state index is 11.9. The van der Waals surface area contributed by atoms with E-state index in [4.69, 9.17) is 5.84 Å². The summed E-state index contributed by atoms with van der Waals surface area (Å²) >= 11 is 0. The zero-order valence-electron chi connectivity index (χ0n) is 10.4. The predicted molar refractivity (Wildman–Crippen MR) is 68.9 cm³/mol. The number of likely N-dealkylation sites (tertiary alicyclic amines) is 1. The first-order valence-corrected chi connectivity index (χ1v) is 6.02. The van der Waals surface area contributed by atoms with Crippen LogP contribution in [-0.2, 0) is 4.79 Å². The van der Waals surface area contributed by atoms with Gasteiger partial charge in [-0.2, -0.15) is 0 Å². The van der Waals surface area contributed by atoms with Gasteiger partial charge in [0.25, 0.3) is 0 Å². The number of nitrogens with zero attached hydrogens (tertiary/aromatic N) is 3. The Kier molecular flexibility index (Phi) is 3.93. The molecule has 98 valence electrons. The van der Waals surface area contributed by atoms with Crippen molar-refractivity contribution >= 4 is 17.5 Å². The zero-order chi connectivity index (χ0) is 13.0. The summed E-state index contributed by atoms with van der Waals surface area (Å²) in [6.45, 7) is 3.82. The van der Waals surface area contributed by atoms with Crippen molar-refractivity contribution in [3.8, 4) is 0 Å². The Morgan fingerprint density at radius 1 is 1.39 bits per heavy atom. The molecule has 0 radical (unpaired) electrons. The minimum atomic E-state index is 0.104. The van der Waals surface area contributed by atoms with Gasteiger partial charge < -0.3 is 15.6 Å². The zero-order valence-corrected chi connectivity index (χ0v) is 10.4. The maximum Gasteiger partial charge on any atom is 0.241 e. The lowest BCUT2D eigenvalue weighted by Crippen LogP contribution is -2.33. The van der Waals surface area contributed by atoms with Crippen LogP contribution in [0.15, 0.2) is 6.33 Å². The molecule has 0 bridgehead atoms. The summed E-state index contributed by atoms with van der Waals surface area (Å²) in [7, 11) is 0. The maximum atomic E-state index is 11.9. The van der Waals surface area contributed by atoms with Gasteiger partial charge in [0.1, 0.15) is 18.0 Å². The molecular formula is C11H18N6O. The highest BCUT2D eigenvalue weighted by Crippen LogP contribution is 2.17. The summed E-state index contributed by atoms with van der Waals surface area (Å²) in [5.74, 6) is 6.62. The van der Waals surface area contributed by atoms with Crippen molar-refractivity contribution in [1.82, 2.24) is 14.9 Å². The SMILES string of the molecule is Cc1c(NN)ncnc1NCC(=O)N1CCCC1. The average Bonchev–Trinajstić information content (AvgIpc) is 2.91. The summed E-state index contributed by atoms with van der Waals surface area (Å²) in [4.78, 5) is 21.8. The Bertz CT molecular complexity index is 430. The van der Waals surface area contributed by atoms with Crippen molar-refractivity contribution in [2.75, 3.05) is 30.4 Å². The van der Waals surface area contributed by atoms with Gasteiger partial charge in [0.05, 0.1) is 6.54 Å². The van der Waals surface area contributed by atoms with Crippen LogP contribution in [0.5, 0.6) is 0 Å². The molecule has 0 aromatic carbocycles. The van der Waals surface area contributed by atoms with Crippen molar-refractivity contribution in [1.29, 1.82) is 0 Å². The Morgan fingerprint density at radius 2 is 2.06 bits per heavy atom. The number of nitrogens with two attached hydrogens (primary N) is 1. The van der Waals surface area contributed by atoms with Gasteiger partial charge in [-0.15, -0.1) is 0 Å². The molecule has 1 aliphatic heterocycles. The summed E-state index contributed by atoms with van der Waals surface area (Å²) in [6, 6.07) is 0. The number of nitrogens with one attached hydrogen (secondary N) is 2. The van der Waals surface area contributed by atoms with Gasteiger partial charge in [0.2, 0.25) is 5.91 Å². The highest BCUT2D eigenvalue weighted by Gasteiger charge is 2.17. The van der Waals surface area contributed by atoms with Gasteiger partial charge in [-0.25, -0.2) is 15.8 Å². The monoisotopic (exact) mass is 250 g/mol. The molecular weight excluding hydrogens is 232 g/mol. The first kappa shape index (κ1) is 12.6. The van der Waals surface area contributed by atoms with Crippen LogP contribution >= 0.6 is 0 Å². The smallest absolute Gasteiger partial charge is 0.241 e. The Morgan fingerprint density at radius 3 is 2.72 bits per heavy atom. The van der Waals surface area contributed by atoms with Crippen LogP contribution in [0.25, 0.3) is 0 Å². The van der Waals surface area contributed by atoms with Crippen molar-refractivity contribution in [3.63, 3.8) is 0 Å². The van der Waals surface area contributed by atoms with Crippen LogP contribution in [0, 0.1) is 6.92 Å². The lowest BCUT2D eigenvalue weighted by atomic mass is 10.3. The van der Waals surface area contributed by atoms with Gasteiger partial charge in [-0.05, 0) is 19.8 Å². The fourth-order valence-corrected chi connectivity index (χ4v) is 2.01. The highest BCUT2D eigenvalue weighted by atomic mass is 16.2. The Labute approximate surface area is 106 Å². The van der Waals surface area contributed by atoms with E-state index in [-0.39, 0.29) is 12.5 Å². The summed E-state index contributed by atoms with van der Waals surface area (Å²) < 4.78 is 0. The third-order valence-electron chi connectivity index (χ3n) is 3.09. The highest BCUT2D eigenvalue weighted by molar-refractivity contribution is 5.81. The number of carbonyl (C=O) groups excluding carboxylic acids is 1. The molecule has 0 saturated carbocycles. The van der Waals surface area contributed by atoms with Crippen LogP contribution in [0.2, 0.25) is 0 Å². The molecule has 1 aromatic rings. The standard InChI is InChI=1S/C11H18N6O/c1-8-10(14-7-15-11(8)16-12)13-6-9(18)17-4-2-3-5-17/h7H,2-6,12H2,1H3,(H2,13,14,15,16). The number of carbonyl (C=O) groups is 1. The second kappa shape index (κ2) is 5.63. The third kappa shape index (κ3) is 2.67. The Balaban J connectivity index is 1.95. The third-order valence-corrected chi connectivity index (χ3v) is 3.09. The summed E-state index contributed by atoms with van der Waals surface area (Å²) in [5, 5.41) is 3.03. The second-order valence-corrected chi connectivity index (χ2v) is 4.28. The molecule has 2 heterocycles. The summed E-state index contributed by atoms with van der Waals surface area (Å²) in [5.41, 5.74) is 3.29. The molecule has 2 rings (SSSR count). The molecule has 0 spiro atoms. The van der Waals surface area contributed by atoms with Crippen molar-refractivity contribution in [2.24, 2.45) is 5.84 Å². The number of hydrazine groups is 1. The predicted octanol–water partition coefficient (Wildman–Crippen LogP) is 0.105. The molecule has 1 saturated heterocycles. The molecule has 0 unspecified atom stereocenters. The summed E-state index contributed by atoms with van der Waals surface area (Å²) in [6.07, 6.45) is 3.60. The quantitative estimate of drug-likeness (QED) is 0.518. The normalized spacial score (nSPS) is 14.7. The van der Waals surface area contributed by atoms with Gasteiger partial charge >= 0.3 is 0 Å². The second-order valence-electron chi connectivity index (χ2n) is 4.28. The Hall–Kier alpha value is -1.89. The van der Waals surface area contributed by atoms with E-state index in [1.807, 2.05) is 11.8 Å².